The number of rotatable bonds is 3. The van der Waals surface area contributed by atoms with Gasteiger partial charge in [0.15, 0.2) is 5.60 Å². The number of nitrogens with zero attached hydrogens (tertiary/aromatic N) is 1. The van der Waals surface area contributed by atoms with Crippen LogP contribution < -0.4 is 9.64 Å². The highest BCUT2D eigenvalue weighted by Crippen LogP contribution is 2.34. The van der Waals surface area contributed by atoms with Gasteiger partial charge in [0.05, 0.1) is 0 Å². The summed E-state index contributed by atoms with van der Waals surface area (Å²) in [6.07, 6.45) is 0.874. The first-order valence-corrected chi connectivity index (χ1v) is 8.12. The molecule has 0 aliphatic carbocycles. The highest BCUT2D eigenvalue weighted by molar-refractivity contribution is 6.30. The number of hydrogen-bond acceptors (Lipinski definition) is 2. The topological polar surface area (TPSA) is 29.5 Å². The smallest absolute Gasteiger partial charge is 0.270 e. The molecule has 2 aromatic carbocycles. The van der Waals surface area contributed by atoms with Gasteiger partial charge < -0.3 is 9.64 Å². The molecule has 0 saturated carbocycles. The van der Waals surface area contributed by atoms with E-state index in [1.807, 2.05) is 23.1 Å². The number of carbonyl (C=O) groups excluding carboxylic acids is 1. The molecule has 1 heterocycles. The van der Waals surface area contributed by atoms with Gasteiger partial charge in [-0.2, -0.15) is 0 Å². The van der Waals surface area contributed by atoms with Gasteiger partial charge in [0, 0.05) is 16.8 Å². The highest BCUT2D eigenvalue weighted by Gasteiger charge is 2.40. The Balaban J connectivity index is 1.85. The van der Waals surface area contributed by atoms with Crippen LogP contribution in [0.1, 0.15) is 26.3 Å². The van der Waals surface area contributed by atoms with E-state index in [2.05, 4.69) is 13.0 Å². The number of ether oxygens (including phenoxy) is 1. The quantitative estimate of drug-likeness (QED) is 0.831. The molecule has 0 radical (unpaired) electrons. The Kier molecular flexibility index (Phi) is 4.07. The van der Waals surface area contributed by atoms with Gasteiger partial charge in [-0.1, -0.05) is 29.8 Å². The fourth-order valence-corrected chi connectivity index (χ4v) is 3.13. The van der Waals surface area contributed by atoms with Crippen LogP contribution in [0, 0.1) is 0 Å². The molecule has 0 spiro atoms. The lowest BCUT2D eigenvalue weighted by molar-refractivity contribution is -0.131. The van der Waals surface area contributed by atoms with Gasteiger partial charge in [-0.15, -0.1) is 0 Å². The minimum Gasteiger partial charge on any atom is -0.478 e. The van der Waals surface area contributed by atoms with Crippen molar-refractivity contribution in [3.8, 4) is 5.75 Å². The molecule has 3 nitrogen and oxygen atoms in total. The Morgan fingerprint density at radius 2 is 1.83 bits per heavy atom. The summed E-state index contributed by atoms with van der Waals surface area (Å²) in [7, 11) is 0. The van der Waals surface area contributed by atoms with Crippen molar-refractivity contribution in [1.29, 1.82) is 0 Å². The van der Waals surface area contributed by atoms with E-state index < -0.39 is 5.60 Å². The van der Waals surface area contributed by atoms with Gasteiger partial charge in [-0.25, -0.2) is 0 Å². The highest BCUT2D eigenvalue weighted by atomic mass is 35.5. The molecule has 1 amide bonds. The van der Waals surface area contributed by atoms with Crippen LogP contribution in [-0.2, 0) is 11.2 Å². The molecule has 4 heteroatoms. The Morgan fingerprint density at radius 3 is 2.52 bits per heavy atom. The molecule has 23 heavy (non-hydrogen) atoms. The molecular formula is C19H20ClNO2. The standard InChI is InChI=1S/C19H20ClNO2/c1-13-12-14-6-4-5-7-17(14)21(13)18(22)19(2,3)23-16-10-8-15(20)9-11-16/h4-11,13H,12H2,1-3H3. The maximum Gasteiger partial charge on any atom is 0.270 e. The monoisotopic (exact) mass is 329 g/mol. The Labute approximate surface area is 141 Å². The van der Waals surface area contributed by atoms with Crippen LogP contribution in [0.15, 0.2) is 48.5 Å². The van der Waals surface area contributed by atoms with Crippen LogP contribution in [-0.4, -0.2) is 17.6 Å². The van der Waals surface area contributed by atoms with Crippen molar-refractivity contribution in [3.05, 3.63) is 59.1 Å². The average molecular weight is 330 g/mol. The van der Waals surface area contributed by atoms with Gasteiger partial charge in [-0.05, 0) is 63.1 Å². The zero-order valence-corrected chi connectivity index (χ0v) is 14.3. The van der Waals surface area contributed by atoms with Crippen molar-refractivity contribution >= 4 is 23.2 Å². The zero-order valence-electron chi connectivity index (χ0n) is 13.5. The summed E-state index contributed by atoms with van der Waals surface area (Å²) in [5.41, 5.74) is 1.23. The van der Waals surface area contributed by atoms with Crippen LogP contribution in [0.25, 0.3) is 0 Å². The van der Waals surface area contributed by atoms with E-state index in [1.54, 1.807) is 38.1 Å². The van der Waals surface area contributed by atoms with Crippen LogP contribution in [0.4, 0.5) is 5.69 Å². The minimum atomic E-state index is -0.959. The lowest BCUT2D eigenvalue weighted by Gasteiger charge is -2.32. The Bertz CT molecular complexity index is 724. The fourth-order valence-electron chi connectivity index (χ4n) is 3.01. The Morgan fingerprint density at radius 1 is 1.17 bits per heavy atom. The number of para-hydroxylation sites is 1. The van der Waals surface area contributed by atoms with E-state index in [9.17, 15) is 4.79 Å². The largest absolute Gasteiger partial charge is 0.478 e. The average Bonchev–Trinajstić information content (AvgIpc) is 2.84. The molecular weight excluding hydrogens is 310 g/mol. The molecule has 1 atom stereocenters. The van der Waals surface area contributed by atoms with Crippen molar-refractivity contribution in [3.63, 3.8) is 0 Å². The second kappa shape index (κ2) is 5.89. The summed E-state index contributed by atoms with van der Waals surface area (Å²) in [6.45, 7) is 5.67. The molecule has 0 fully saturated rings. The molecule has 3 rings (SSSR count). The summed E-state index contributed by atoms with van der Waals surface area (Å²) < 4.78 is 5.94. The summed E-state index contributed by atoms with van der Waals surface area (Å²) in [4.78, 5) is 14.9. The maximum absolute atomic E-state index is 13.1. The van der Waals surface area contributed by atoms with E-state index in [0.29, 0.717) is 10.8 Å². The van der Waals surface area contributed by atoms with Gasteiger partial charge in [0.2, 0.25) is 0 Å². The number of fused-ring (bicyclic) bond motifs is 1. The second-order valence-corrected chi connectivity index (χ2v) is 6.86. The maximum atomic E-state index is 13.1. The lowest BCUT2D eigenvalue weighted by atomic mass is 10.1. The molecule has 1 aliphatic heterocycles. The summed E-state index contributed by atoms with van der Waals surface area (Å²) >= 11 is 5.89. The minimum absolute atomic E-state index is 0.0371. The third-order valence-corrected chi connectivity index (χ3v) is 4.38. The number of benzene rings is 2. The van der Waals surface area contributed by atoms with Gasteiger partial charge >= 0.3 is 0 Å². The molecule has 0 bridgehead atoms. The van der Waals surface area contributed by atoms with E-state index >= 15 is 0 Å². The molecule has 1 unspecified atom stereocenters. The van der Waals surface area contributed by atoms with Crippen LogP contribution in [0.5, 0.6) is 5.75 Å². The number of amides is 1. The third kappa shape index (κ3) is 3.06. The Hall–Kier alpha value is -2.00. The second-order valence-electron chi connectivity index (χ2n) is 6.42. The molecule has 120 valence electrons. The lowest BCUT2D eigenvalue weighted by Crippen LogP contribution is -2.51. The number of carbonyl (C=O) groups is 1. The van der Waals surface area contributed by atoms with Crippen molar-refractivity contribution in [2.75, 3.05) is 4.90 Å². The van der Waals surface area contributed by atoms with E-state index in [4.69, 9.17) is 16.3 Å². The number of halogens is 1. The summed E-state index contributed by atoms with van der Waals surface area (Å²) in [6, 6.07) is 15.2. The van der Waals surface area contributed by atoms with Crippen molar-refractivity contribution in [1.82, 2.24) is 0 Å². The molecule has 2 aromatic rings. The molecule has 0 N–H and O–H groups in total. The normalized spacial score (nSPS) is 17.0. The molecule has 0 aromatic heterocycles. The molecule has 0 saturated heterocycles. The van der Waals surface area contributed by atoms with Gasteiger partial charge in [0.25, 0.3) is 5.91 Å². The molecule has 1 aliphatic rings. The number of anilines is 1. The van der Waals surface area contributed by atoms with E-state index in [0.717, 1.165) is 12.1 Å². The van der Waals surface area contributed by atoms with E-state index in [1.165, 1.54) is 5.56 Å². The van der Waals surface area contributed by atoms with Crippen molar-refractivity contribution in [2.45, 2.75) is 38.8 Å². The van der Waals surface area contributed by atoms with Gasteiger partial charge in [-0.3, -0.25) is 4.79 Å². The fraction of sp³-hybridized carbons (Fsp3) is 0.316. The zero-order chi connectivity index (χ0) is 16.6. The summed E-state index contributed by atoms with van der Waals surface area (Å²) in [5.74, 6) is 0.595. The van der Waals surface area contributed by atoms with Crippen LogP contribution in [0.2, 0.25) is 5.02 Å². The SMILES string of the molecule is CC1Cc2ccccc2N1C(=O)C(C)(C)Oc1ccc(Cl)cc1. The first-order valence-electron chi connectivity index (χ1n) is 7.74. The summed E-state index contributed by atoms with van der Waals surface area (Å²) in [5, 5.41) is 0.642. The third-order valence-electron chi connectivity index (χ3n) is 4.13. The van der Waals surface area contributed by atoms with E-state index in [-0.39, 0.29) is 11.9 Å². The van der Waals surface area contributed by atoms with Crippen molar-refractivity contribution < 1.29 is 9.53 Å². The first-order chi connectivity index (χ1) is 10.9. The number of hydrogen-bond donors (Lipinski definition) is 0. The van der Waals surface area contributed by atoms with Crippen LogP contribution in [0.3, 0.4) is 0 Å². The predicted molar refractivity (Wildman–Crippen MR) is 93.3 cm³/mol. The predicted octanol–water partition coefficient (Wildman–Crippen LogP) is 4.48. The van der Waals surface area contributed by atoms with Crippen LogP contribution >= 0.6 is 11.6 Å². The van der Waals surface area contributed by atoms with Gasteiger partial charge in [0.1, 0.15) is 5.75 Å². The van der Waals surface area contributed by atoms with Crippen molar-refractivity contribution in [2.24, 2.45) is 0 Å². The first kappa shape index (κ1) is 15.9.